The van der Waals surface area contributed by atoms with Gasteiger partial charge >= 0.3 is 0 Å². The first-order valence-corrected chi connectivity index (χ1v) is 10.7. The van der Waals surface area contributed by atoms with Crippen LogP contribution in [-0.4, -0.2) is 32.5 Å². The summed E-state index contributed by atoms with van der Waals surface area (Å²) in [6.45, 7) is 3.08. The molecule has 0 fully saturated rings. The Morgan fingerprint density at radius 1 is 1.09 bits per heavy atom. The number of pyridine rings is 1. The molecule has 0 radical (unpaired) electrons. The highest BCUT2D eigenvalue weighted by Gasteiger charge is 2.23. The number of ether oxygens (including phenoxy) is 1. The molecule has 0 atom stereocenters. The van der Waals surface area contributed by atoms with Crippen molar-refractivity contribution in [1.29, 1.82) is 0 Å². The van der Waals surface area contributed by atoms with Crippen molar-refractivity contribution in [1.82, 2.24) is 25.3 Å². The van der Waals surface area contributed by atoms with Gasteiger partial charge in [0.05, 0.1) is 17.3 Å². The zero-order chi connectivity index (χ0) is 22.3. The van der Waals surface area contributed by atoms with Crippen molar-refractivity contribution in [2.24, 2.45) is 0 Å². The zero-order valence-electron chi connectivity index (χ0n) is 17.5. The summed E-state index contributed by atoms with van der Waals surface area (Å²) in [7, 11) is 0. The molecule has 2 aromatic heterocycles. The molecule has 32 heavy (non-hydrogen) atoms. The number of benzene rings is 2. The second-order valence-electron chi connectivity index (χ2n) is 7.07. The number of carbonyl (C=O) groups is 1. The third-order valence-corrected chi connectivity index (χ3v) is 5.07. The Bertz CT molecular complexity index is 1190. The third kappa shape index (κ3) is 4.78. The summed E-state index contributed by atoms with van der Waals surface area (Å²) in [5.41, 5.74) is 3.00. The van der Waals surface area contributed by atoms with E-state index in [4.69, 9.17) is 16.3 Å². The second kappa shape index (κ2) is 10.1. The zero-order valence-corrected chi connectivity index (χ0v) is 18.3. The highest BCUT2D eigenvalue weighted by atomic mass is 35.5. The summed E-state index contributed by atoms with van der Waals surface area (Å²) >= 11 is 6.38. The molecule has 1 N–H and O–H groups in total. The van der Waals surface area contributed by atoms with Gasteiger partial charge in [-0.25, -0.2) is 4.68 Å². The van der Waals surface area contributed by atoms with Crippen LogP contribution < -0.4 is 10.1 Å². The molecule has 0 bridgehead atoms. The van der Waals surface area contributed by atoms with Gasteiger partial charge in [-0.2, -0.15) is 0 Å². The number of nitrogens with zero attached hydrogens (tertiary/aromatic N) is 4. The summed E-state index contributed by atoms with van der Waals surface area (Å²) in [6.07, 6.45) is 4.28. The summed E-state index contributed by atoms with van der Waals surface area (Å²) < 4.78 is 7.16. The normalized spacial score (nSPS) is 10.7. The maximum atomic E-state index is 13.0. The topological polar surface area (TPSA) is 81.9 Å². The van der Waals surface area contributed by atoms with Crippen LogP contribution in [0.5, 0.6) is 5.75 Å². The van der Waals surface area contributed by atoms with Crippen LogP contribution in [-0.2, 0) is 6.54 Å². The molecule has 0 spiro atoms. The number of rotatable bonds is 8. The van der Waals surface area contributed by atoms with Crippen molar-refractivity contribution < 1.29 is 9.53 Å². The maximum absolute atomic E-state index is 13.0. The second-order valence-corrected chi connectivity index (χ2v) is 7.47. The van der Waals surface area contributed by atoms with Crippen LogP contribution in [0.15, 0.2) is 73.1 Å². The molecule has 0 aliphatic carbocycles. The van der Waals surface area contributed by atoms with Crippen molar-refractivity contribution in [3.8, 4) is 22.7 Å². The summed E-state index contributed by atoms with van der Waals surface area (Å²) in [4.78, 5) is 17.2. The van der Waals surface area contributed by atoms with E-state index in [9.17, 15) is 4.79 Å². The van der Waals surface area contributed by atoms with Gasteiger partial charge < -0.3 is 10.1 Å². The van der Waals surface area contributed by atoms with Crippen LogP contribution in [0.1, 0.15) is 29.4 Å². The fourth-order valence-corrected chi connectivity index (χ4v) is 3.39. The molecule has 7 nitrogen and oxygen atoms in total. The van der Waals surface area contributed by atoms with Crippen LogP contribution in [0.2, 0.25) is 5.02 Å². The van der Waals surface area contributed by atoms with Gasteiger partial charge in [-0.1, -0.05) is 48.0 Å². The molecule has 4 aromatic rings. The Kier molecular flexibility index (Phi) is 6.77. The Balaban J connectivity index is 1.59. The molecule has 0 saturated heterocycles. The molecule has 0 saturated carbocycles. The van der Waals surface area contributed by atoms with Crippen molar-refractivity contribution in [3.05, 3.63) is 89.3 Å². The number of halogens is 1. The number of aromatic nitrogens is 4. The van der Waals surface area contributed by atoms with E-state index >= 15 is 0 Å². The quantitative estimate of drug-likeness (QED) is 0.423. The van der Waals surface area contributed by atoms with E-state index in [-0.39, 0.29) is 11.6 Å². The molecule has 0 unspecified atom stereocenters. The fraction of sp³-hybridized carbons (Fsp3) is 0.167. The van der Waals surface area contributed by atoms with Crippen LogP contribution >= 0.6 is 11.6 Å². The minimum absolute atomic E-state index is 0.195. The molecule has 4 rings (SSSR count). The first-order chi connectivity index (χ1) is 15.7. The number of carbonyl (C=O) groups excluding carboxylic acids is 1. The van der Waals surface area contributed by atoms with Gasteiger partial charge in [-0.3, -0.25) is 9.78 Å². The molecule has 1 amide bonds. The van der Waals surface area contributed by atoms with Crippen molar-refractivity contribution in [2.75, 3.05) is 6.61 Å². The standard InChI is InChI=1S/C24H22ClN5O2/c1-2-14-32-19-11-9-17(10-12-19)15-27-24(31)22-23(18-6-5-13-26-16-18)30(29-28-22)21-8-4-3-7-20(21)25/h3-13,16H,2,14-15H2,1H3,(H,27,31). The van der Waals surface area contributed by atoms with Gasteiger partial charge in [0.1, 0.15) is 11.4 Å². The summed E-state index contributed by atoms with van der Waals surface area (Å²) in [6, 6.07) is 18.6. The molecular formula is C24H22ClN5O2. The van der Waals surface area contributed by atoms with E-state index in [1.165, 1.54) is 0 Å². The molecular weight excluding hydrogens is 426 g/mol. The SMILES string of the molecule is CCCOc1ccc(CNC(=O)c2nnn(-c3ccccc3Cl)c2-c2cccnc2)cc1. The molecule has 162 valence electrons. The van der Waals surface area contributed by atoms with E-state index in [1.807, 2.05) is 48.5 Å². The van der Waals surface area contributed by atoms with Crippen LogP contribution in [0.4, 0.5) is 0 Å². The average Bonchev–Trinajstić information content (AvgIpc) is 3.28. The summed E-state index contributed by atoms with van der Waals surface area (Å²) in [5, 5.41) is 11.8. The summed E-state index contributed by atoms with van der Waals surface area (Å²) in [5.74, 6) is 0.469. The van der Waals surface area contributed by atoms with E-state index in [2.05, 4.69) is 27.5 Å². The first-order valence-electron chi connectivity index (χ1n) is 10.3. The van der Waals surface area contributed by atoms with Gasteiger partial charge in [0, 0.05) is 24.5 Å². The highest BCUT2D eigenvalue weighted by Crippen LogP contribution is 2.28. The van der Waals surface area contributed by atoms with Gasteiger partial charge in [0.15, 0.2) is 5.69 Å². The van der Waals surface area contributed by atoms with E-state index in [1.54, 1.807) is 29.2 Å². The minimum Gasteiger partial charge on any atom is -0.494 e. The lowest BCUT2D eigenvalue weighted by Crippen LogP contribution is -2.24. The maximum Gasteiger partial charge on any atom is 0.274 e. The van der Waals surface area contributed by atoms with Gasteiger partial charge in [-0.05, 0) is 48.4 Å². The number of para-hydroxylation sites is 1. The number of nitrogens with one attached hydrogen (secondary N) is 1. The van der Waals surface area contributed by atoms with Crippen molar-refractivity contribution >= 4 is 17.5 Å². The predicted octanol–water partition coefficient (Wildman–Crippen LogP) is 4.70. The molecule has 8 heteroatoms. The van der Waals surface area contributed by atoms with Gasteiger partial charge in [-0.15, -0.1) is 5.10 Å². The molecule has 2 heterocycles. The van der Waals surface area contributed by atoms with Crippen LogP contribution in [0.25, 0.3) is 16.9 Å². The lowest BCUT2D eigenvalue weighted by molar-refractivity contribution is 0.0946. The number of hydrogen-bond donors (Lipinski definition) is 1. The van der Waals surface area contributed by atoms with Crippen LogP contribution in [0.3, 0.4) is 0 Å². The number of hydrogen-bond acceptors (Lipinski definition) is 5. The molecule has 2 aromatic carbocycles. The Labute approximate surface area is 191 Å². The minimum atomic E-state index is -0.339. The predicted molar refractivity (Wildman–Crippen MR) is 123 cm³/mol. The van der Waals surface area contributed by atoms with E-state index in [0.717, 1.165) is 17.7 Å². The first kappa shape index (κ1) is 21.5. The largest absolute Gasteiger partial charge is 0.494 e. The Morgan fingerprint density at radius 3 is 2.62 bits per heavy atom. The van der Waals surface area contributed by atoms with E-state index < -0.39 is 0 Å². The third-order valence-electron chi connectivity index (χ3n) is 4.75. The Hall–Kier alpha value is -3.71. The van der Waals surface area contributed by atoms with Crippen molar-refractivity contribution in [3.63, 3.8) is 0 Å². The molecule has 0 aliphatic rings. The van der Waals surface area contributed by atoms with Crippen molar-refractivity contribution in [2.45, 2.75) is 19.9 Å². The molecule has 0 aliphatic heterocycles. The lowest BCUT2D eigenvalue weighted by Gasteiger charge is -2.10. The highest BCUT2D eigenvalue weighted by molar-refractivity contribution is 6.32. The Morgan fingerprint density at radius 2 is 1.91 bits per heavy atom. The number of amides is 1. The van der Waals surface area contributed by atoms with Crippen LogP contribution in [0, 0.1) is 0 Å². The van der Waals surface area contributed by atoms with Gasteiger partial charge in [0.25, 0.3) is 5.91 Å². The van der Waals surface area contributed by atoms with E-state index in [0.29, 0.717) is 35.1 Å². The fourth-order valence-electron chi connectivity index (χ4n) is 3.18. The lowest BCUT2D eigenvalue weighted by atomic mass is 10.1. The van der Waals surface area contributed by atoms with Gasteiger partial charge in [0.2, 0.25) is 0 Å². The average molecular weight is 448 g/mol. The monoisotopic (exact) mass is 447 g/mol. The smallest absolute Gasteiger partial charge is 0.274 e.